The van der Waals surface area contributed by atoms with Crippen molar-refractivity contribution < 1.29 is 9.21 Å². The van der Waals surface area contributed by atoms with Gasteiger partial charge in [-0.1, -0.05) is 30.0 Å². The van der Waals surface area contributed by atoms with Crippen molar-refractivity contribution in [2.45, 2.75) is 5.03 Å². The summed E-state index contributed by atoms with van der Waals surface area (Å²) in [6, 6.07) is 7.70. The molecule has 0 atom stereocenters. The van der Waals surface area contributed by atoms with E-state index in [0.29, 0.717) is 17.2 Å². The Kier molecular flexibility index (Phi) is 3.87. The smallest absolute Gasteiger partial charge is 0.230 e. The van der Waals surface area contributed by atoms with E-state index in [1.54, 1.807) is 6.08 Å². The third kappa shape index (κ3) is 2.75. The number of carbonyl (C=O) groups excluding carboxylic acids is 1. The molecule has 1 aromatic carbocycles. The molecule has 2 heterocycles. The largest absolute Gasteiger partial charge is 0.451 e. The zero-order valence-electron chi connectivity index (χ0n) is 11.2. The average Bonchev–Trinajstić information content (AvgIpc) is 2.90. The van der Waals surface area contributed by atoms with Gasteiger partial charge in [-0.2, -0.15) is 0 Å². The Morgan fingerprint density at radius 2 is 2.24 bits per heavy atom. The van der Waals surface area contributed by atoms with E-state index in [2.05, 4.69) is 21.9 Å². The summed E-state index contributed by atoms with van der Waals surface area (Å²) >= 11 is 1.33. The summed E-state index contributed by atoms with van der Waals surface area (Å²) < 4.78 is 5.80. The lowest BCUT2D eigenvalue weighted by Crippen LogP contribution is -2.24. The minimum atomic E-state index is -0.0669. The van der Waals surface area contributed by atoms with Crippen molar-refractivity contribution in [3.05, 3.63) is 43.2 Å². The van der Waals surface area contributed by atoms with E-state index < -0.39 is 0 Å². The van der Waals surface area contributed by atoms with E-state index in [-0.39, 0.29) is 11.7 Å². The number of para-hydroxylation sites is 1. The van der Waals surface area contributed by atoms with Gasteiger partial charge < -0.3 is 9.73 Å². The first kappa shape index (κ1) is 13.6. The van der Waals surface area contributed by atoms with Gasteiger partial charge in [0.25, 0.3) is 0 Å². The number of amides is 1. The van der Waals surface area contributed by atoms with Gasteiger partial charge in [-0.05, 0) is 12.1 Å². The highest BCUT2D eigenvalue weighted by Gasteiger charge is 2.14. The van der Waals surface area contributed by atoms with E-state index in [1.165, 1.54) is 18.1 Å². The fourth-order valence-corrected chi connectivity index (χ4v) is 2.74. The van der Waals surface area contributed by atoms with Crippen LogP contribution in [0, 0.1) is 0 Å². The number of thioether (sulfide) groups is 1. The molecule has 21 heavy (non-hydrogen) atoms. The van der Waals surface area contributed by atoms with Crippen LogP contribution in [-0.2, 0) is 4.79 Å². The molecule has 0 aliphatic heterocycles. The number of carbonyl (C=O) groups is 1. The molecule has 1 amide bonds. The second kappa shape index (κ2) is 5.97. The number of hydrogen-bond donors (Lipinski definition) is 1. The molecule has 0 radical (unpaired) electrons. The number of nitrogens with zero attached hydrogens (tertiary/aromatic N) is 2. The summed E-state index contributed by atoms with van der Waals surface area (Å²) in [6.45, 7) is 4.02. The standard InChI is InChI=1S/C15H13N3O2S/c1-2-7-16-12(19)8-21-15-14-13(17-9-18-15)10-5-3-4-6-11(10)20-14/h2-6,9H,1,7-8H2,(H,16,19). The number of benzene rings is 1. The van der Waals surface area contributed by atoms with Gasteiger partial charge in [0.15, 0.2) is 5.58 Å². The normalized spacial score (nSPS) is 10.9. The number of rotatable bonds is 5. The fourth-order valence-electron chi connectivity index (χ4n) is 1.98. The zero-order valence-corrected chi connectivity index (χ0v) is 12.0. The maximum atomic E-state index is 11.6. The van der Waals surface area contributed by atoms with Crippen molar-refractivity contribution in [1.82, 2.24) is 15.3 Å². The first-order valence-corrected chi connectivity index (χ1v) is 7.41. The lowest BCUT2D eigenvalue weighted by Gasteiger charge is -2.02. The molecule has 1 N–H and O–H groups in total. The Morgan fingerprint density at radius 3 is 3.10 bits per heavy atom. The second-order valence-corrected chi connectivity index (χ2v) is 5.30. The van der Waals surface area contributed by atoms with E-state index in [4.69, 9.17) is 4.42 Å². The van der Waals surface area contributed by atoms with E-state index in [1.807, 2.05) is 24.3 Å². The van der Waals surface area contributed by atoms with E-state index in [0.717, 1.165) is 16.5 Å². The van der Waals surface area contributed by atoms with Crippen molar-refractivity contribution in [3.63, 3.8) is 0 Å². The molecule has 0 bridgehead atoms. The predicted octanol–water partition coefficient (Wildman–Crippen LogP) is 2.77. The quantitative estimate of drug-likeness (QED) is 0.446. The molecule has 0 saturated heterocycles. The highest BCUT2D eigenvalue weighted by molar-refractivity contribution is 8.00. The zero-order chi connectivity index (χ0) is 14.7. The molecular formula is C15H13N3O2S. The van der Waals surface area contributed by atoms with Gasteiger partial charge in [-0.3, -0.25) is 4.79 Å². The Labute approximate surface area is 125 Å². The maximum Gasteiger partial charge on any atom is 0.230 e. The summed E-state index contributed by atoms with van der Waals surface area (Å²) in [7, 11) is 0. The van der Waals surface area contributed by atoms with Gasteiger partial charge in [0, 0.05) is 11.9 Å². The molecule has 106 valence electrons. The molecule has 0 spiro atoms. The van der Waals surface area contributed by atoms with Crippen LogP contribution in [0.2, 0.25) is 0 Å². The summed E-state index contributed by atoms with van der Waals surface area (Å²) in [5.74, 6) is 0.208. The molecule has 0 aliphatic carbocycles. The van der Waals surface area contributed by atoms with Crippen LogP contribution in [0.4, 0.5) is 0 Å². The molecule has 0 unspecified atom stereocenters. The highest BCUT2D eigenvalue weighted by Crippen LogP contribution is 2.32. The third-order valence-electron chi connectivity index (χ3n) is 2.91. The molecule has 3 aromatic rings. The number of fused-ring (bicyclic) bond motifs is 3. The van der Waals surface area contributed by atoms with E-state index in [9.17, 15) is 4.79 Å². The molecule has 0 saturated carbocycles. The van der Waals surface area contributed by atoms with Crippen molar-refractivity contribution >= 4 is 39.7 Å². The average molecular weight is 299 g/mol. The number of nitrogens with one attached hydrogen (secondary N) is 1. The number of furan rings is 1. The maximum absolute atomic E-state index is 11.6. The van der Waals surface area contributed by atoms with Crippen LogP contribution >= 0.6 is 11.8 Å². The molecular weight excluding hydrogens is 286 g/mol. The Hall–Kier alpha value is -2.34. The van der Waals surface area contributed by atoms with Crippen LogP contribution < -0.4 is 5.32 Å². The van der Waals surface area contributed by atoms with Gasteiger partial charge in [-0.15, -0.1) is 6.58 Å². The Bertz CT molecular complexity index is 813. The van der Waals surface area contributed by atoms with E-state index >= 15 is 0 Å². The molecule has 5 nitrogen and oxygen atoms in total. The Balaban J connectivity index is 1.89. The van der Waals surface area contributed by atoms with Crippen LogP contribution in [0.25, 0.3) is 22.1 Å². The summed E-state index contributed by atoms with van der Waals surface area (Å²) in [5, 5.41) is 4.35. The molecule has 6 heteroatoms. The molecule has 3 rings (SSSR count). The number of aromatic nitrogens is 2. The molecule has 2 aromatic heterocycles. The molecule has 0 fully saturated rings. The first-order valence-electron chi connectivity index (χ1n) is 6.42. The summed E-state index contributed by atoms with van der Waals surface area (Å²) in [6.07, 6.45) is 3.14. The summed E-state index contributed by atoms with van der Waals surface area (Å²) in [5.41, 5.74) is 2.17. The highest BCUT2D eigenvalue weighted by atomic mass is 32.2. The predicted molar refractivity (Wildman–Crippen MR) is 83.2 cm³/mol. The van der Waals surface area contributed by atoms with Crippen LogP contribution in [0.15, 0.2) is 52.7 Å². The second-order valence-electron chi connectivity index (χ2n) is 4.34. The minimum absolute atomic E-state index is 0.0669. The van der Waals surface area contributed by atoms with Crippen LogP contribution in [0.3, 0.4) is 0 Å². The van der Waals surface area contributed by atoms with Crippen LogP contribution in [-0.4, -0.2) is 28.2 Å². The first-order chi connectivity index (χ1) is 10.3. The van der Waals surface area contributed by atoms with Gasteiger partial charge in [0.1, 0.15) is 22.5 Å². The topological polar surface area (TPSA) is 68.0 Å². The van der Waals surface area contributed by atoms with Gasteiger partial charge in [0.05, 0.1) is 5.75 Å². The fraction of sp³-hybridized carbons (Fsp3) is 0.133. The minimum Gasteiger partial charge on any atom is -0.451 e. The van der Waals surface area contributed by atoms with Crippen molar-refractivity contribution in [3.8, 4) is 0 Å². The van der Waals surface area contributed by atoms with Crippen molar-refractivity contribution in [2.24, 2.45) is 0 Å². The third-order valence-corrected chi connectivity index (χ3v) is 3.88. The van der Waals surface area contributed by atoms with Gasteiger partial charge >= 0.3 is 0 Å². The van der Waals surface area contributed by atoms with Gasteiger partial charge in [-0.25, -0.2) is 9.97 Å². The van der Waals surface area contributed by atoms with Crippen molar-refractivity contribution in [1.29, 1.82) is 0 Å². The molecule has 0 aliphatic rings. The number of hydrogen-bond acceptors (Lipinski definition) is 5. The Morgan fingerprint density at radius 1 is 1.38 bits per heavy atom. The monoisotopic (exact) mass is 299 g/mol. The van der Waals surface area contributed by atoms with Crippen molar-refractivity contribution in [2.75, 3.05) is 12.3 Å². The van der Waals surface area contributed by atoms with Crippen LogP contribution in [0.1, 0.15) is 0 Å². The van der Waals surface area contributed by atoms with Gasteiger partial charge in [0.2, 0.25) is 5.91 Å². The van der Waals surface area contributed by atoms with Crippen LogP contribution in [0.5, 0.6) is 0 Å². The lowest BCUT2D eigenvalue weighted by atomic mass is 10.2. The summed E-state index contributed by atoms with van der Waals surface area (Å²) in [4.78, 5) is 20.1. The lowest BCUT2D eigenvalue weighted by molar-refractivity contribution is -0.118. The SMILES string of the molecule is C=CCNC(=O)CSc1ncnc2c1oc1ccccc12.